The number of piperidine rings is 1. The van der Waals surface area contributed by atoms with E-state index in [4.69, 9.17) is 0 Å². The summed E-state index contributed by atoms with van der Waals surface area (Å²) in [4.78, 5) is 9.46. The summed E-state index contributed by atoms with van der Waals surface area (Å²) in [5, 5.41) is 3.39. The van der Waals surface area contributed by atoms with E-state index in [1.54, 1.807) is 0 Å². The Morgan fingerprint density at radius 2 is 2.05 bits per heavy atom. The minimum atomic E-state index is -4.42. The molecule has 1 aromatic heterocycles. The van der Waals surface area contributed by atoms with Gasteiger partial charge >= 0.3 is 6.18 Å². The summed E-state index contributed by atoms with van der Waals surface area (Å²) >= 11 is 0. The molecule has 7 heteroatoms. The van der Waals surface area contributed by atoms with Crippen LogP contribution in [0.15, 0.2) is 12.3 Å². The Labute approximate surface area is 122 Å². The molecule has 1 fully saturated rings. The first-order valence-electron chi connectivity index (χ1n) is 7.36. The fourth-order valence-corrected chi connectivity index (χ4v) is 2.48. The monoisotopic (exact) mass is 302 g/mol. The van der Waals surface area contributed by atoms with Crippen molar-refractivity contribution in [2.24, 2.45) is 5.92 Å². The van der Waals surface area contributed by atoms with Crippen LogP contribution >= 0.6 is 0 Å². The molecule has 0 unspecified atom stereocenters. The van der Waals surface area contributed by atoms with Gasteiger partial charge in [-0.3, -0.25) is 0 Å². The molecule has 1 aliphatic heterocycles. The molecule has 1 aromatic rings. The summed E-state index contributed by atoms with van der Waals surface area (Å²) in [5.74, 6) is 0.767. The minimum Gasteiger partial charge on any atom is -0.341 e. The van der Waals surface area contributed by atoms with E-state index in [9.17, 15) is 13.2 Å². The van der Waals surface area contributed by atoms with Crippen molar-refractivity contribution in [2.45, 2.75) is 32.4 Å². The van der Waals surface area contributed by atoms with E-state index in [0.717, 1.165) is 38.4 Å². The number of aromatic nitrogens is 2. The second-order valence-corrected chi connectivity index (χ2v) is 5.37. The zero-order chi connectivity index (χ0) is 15.3. The number of anilines is 1. The minimum absolute atomic E-state index is 0.185. The molecule has 0 bridgehead atoms. The van der Waals surface area contributed by atoms with Crippen LogP contribution in [-0.4, -0.2) is 36.1 Å². The van der Waals surface area contributed by atoms with Gasteiger partial charge in [-0.05, 0) is 44.3 Å². The van der Waals surface area contributed by atoms with Crippen LogP contribution in [0.25, 0.3) is 0 Å². The molecule has 0 spiro atoms. The highest BCUT2D eigenvalue weighted by Gasteiger charge is 2.33. The smallest absolute Gasteiger partial charge is 0.341 e. The summed E-state index contributed by atoms with van der Waals surface area (Å²) in [6, 6.07) is 0.908. The first-order valence-corrected chi connectivity index (χ1v) is 7.36. The maximum absolute atomic E-state index is 12.7. The lowest BCUT2D eigenvalue weighted by Crippen LogP contribution is -2.38. The maximum Gasteiger partial charge on any atom is 0.433 e. The van der Waals surface area contributed by atoms with Crippen molar-refractivity contribution < 1.29 is 13.2 Å². The lowest BCUT2D eigenvalue weighted by Gasteiger charge is -2.32. The molecule has 21 heavy (non-hydrogen) atoms. The number of nitrogens with one attached hydrogen (secondary N) is 1. The number of nitrogens with zero attached hydrogens (tertiary/aromatic N) is 3. The third-order valence-electron chi connectivity index (χ3n) is 3.69. The molecule has 2 rings (SSSR count). The summed E-state index contributed by atoms with van der Waals surface area (Å²) in [7, 11) is 0. The molecular weight excluding hydrogens is 281 g/mol. The van der Waals surface area contributed by atoms with Gasteiger partial charge in [0.15, 0.2) is 0 Å². The number of rotatable bonds is 5. The summed E-state index contributed by atoms with van der Waals surface area (Å²) < 4.78 is 38.0. The number of alkyl halides is 3. The van der Waals surface area contributed by atoms with Crippen LogP contribution in [-0.2, 0) is 6.18 Å². The van der Waals surface area contributed by atoms with Crippen LogP contribution in [0.1, 0.15) is 31.9 Å². The Balaban J connectivity index is 1.90. The fraction of sp³-hybridized carbons (Fsp3) is 0.714. The number of hydrogen-bond acceptors (Lipinski definition) is 4. The van der Waals surface area contributed by atoms with Gasteiger partial charge in [-0.2, -0.15) is 13.2 Å². The maximum atomic E-state index is 12.7. The summed E-state index contributed by atoms with van der Waals surface area (Å²) in [6.45, 7) is 5.53. The van der Waals surface area contributed by atoms with Gasteiger partial charge in [-0.1, -0.05) is 6.92 Å². The number of hydrogen-bond donors (Lipinski definition) is 1. The molecule has 0 aliphatic carbocycles. The highest BCUT2D eigenvalue weighted by atomic mass is 19.4. The highest BCUT2D eigenvalue weighted by molar-refractivity contribution is 5.31. The average molecular weight is 302 g/mol. The highest BCUT2D eigenvalue weighted by Crippen LogP contribution is 2.29. The second kappa shape index (κ2) is 7.06. The van der Waals surface area contributed by atoms with Crippen LogP contribution in [0, 0.1) is 5.92 Å². The van der Waals surface area contributed by atoms with Gasteiger partial charge in [0, 0.05) is 19.3 Å². The molecule has 0 amide bonds. The lowest BCUT2D eigenvalue weighted by atomic mass is 9.97. The normalized spacial score (nSPS) is 17.2. The third-order valence-corrected chi connectivity index (χ3v) is 3.69. The van der Waals surface area contributed by atoms with Crippen molar-refractivity contribution in [3.05, 3.63) is 18.0 Å². The molecule has 1 N–H and O–H groups in total. The van der Waals surface area contributed by atoms with Crippen molar-refractivity contribution in [3.63, 3.8) is 0 Å². The molecule has 2 heterocycles. The van der Waals surface area contributed by atoms with Crippen LogP contribution < -0.4 is 10.2 Å². The van der Waals surface area contributed by atoms with E-state index >= 15 is 0 Å². The standard InChI is InChI=1S/C14H21F3N4/c1-2-6-18-10-11-4-8-21(9-5-11)13-19-7-3-12(20-13)14(15,16)17/h3,7,11,18H,2,4-6,8-10H2,1H3. The molecule has 0 aromatic carbocycles. The zero-order valence-corrected chi connectivity index (χ0v) is 12.2. The summed E-state index contributed by atoms with van der Waals surface area (Å²) in [5.41, 5.74) is -0.876. The molecule has 1 saturated heterocycles. The van der Waals surface area contributed by atoms with Gasteiger partial charge in [-0.25, -0.2) is 9.97 Å². The van der Waals surface area contributed by atoms with Crippen molar-refractivity contribution in [3.8, 4) is 0 Å². The largest absolute Gasteiger partial charge is 0.433 e. The van der Waals surface area contributed by atoms with Crippen LogP contribution in [0.2, 0.25) is 0 Å². The third kappa shape index (κ3) is 4.56. The Bertz CT molecular complexity index is 442. The quantitative estimate of drug-likeness (QED) is 0.849. The van der Waals surface area contributed by atoms with E-state index in [-0.39, 0.29) is 5.95 Å². The molecule has 4 nitrogen and oxygen atoms in total. The van der Waals surface area contributed by atoms with E-state index in [1.807, 2.05) is 4.90 Å². The molecule has 118 valence electrons. The van der Waals surface area contributed by atoms with Crippen molar-refractivity contribution >= 4 is 5.95 Å². The van der Waals surface area contributed by atoms with E-state index in [2.05, 4.69) is 22.2 Å². The second-order valence-electron chi connectivity index (χ2n) is 5.37. The fourth-order valence-electron chi connectivity index (χ4n) is 2.48. The molecule has 0 radical (unpaired) electrons. The van der Waals surface area contributed by atoms with E-state index in [1.165, 1.54) is 6.20 Å². The molecule has 0 atom stereocenters. The molecule has 1 aliphatic rings. The van der Waals surface area contributed by atoms with Gasteiger partial charge in [0.1, 0.15) is 5.69 Å². The predicted molar refractivity (Wildman–Crippen MR) is 75.1 cm³/mol. The van der Waals surface area contributed by atoms with Crippen LogP contribution in [0.5, 0.6) is 0 Å². The van der Waals surface area contributed by atoms with Crippen LogP contribution in [0.4, 0.5) is 19.1 Å². The Morgan fingerprint density at radius 1 is 1.33 bits per heavy atom. The van der Waals surface area contributed by atoms with Gasteiger partial charge < -0.3 is 10.2 Å². The average Bonchev–Trinajstić information content (AvgIpc) is 2.47. The van der Waals surface area contributed by atoms with Gasteiger partial charge in [0.05, 0.1) is 0 Å². The lowest BCUT2D eigenvalue weighted by molar-refractivity contribution is -0.141. The first-order chi connectivity index (χ1) is 10.0. The first kappa shape index (κ1) is 16.0. The van der Waals surface area contributed by atoms with Crippen molar-refractivity contribution in [1.82, 2.24) is 15.3 Å². The van der Waals surface area contributed by atoms with Crippen molar-refractivity contribution in [2.75, 3.05) is 31.1 Å². The Morgan fingerprint density at radius 3 is 2.67 bits per heavy atom. The van der Waals surface area contributed by atoms with Gasteiger partial charge in [-0.15, -0.1) is 0 Å². The van der Waals surface area contributed by atoms with E-state index < -0.39 is 11.9 Å². The van der Waals surface area contributed by atoms with Crippen molar-refractivity contribution in [1.29, 1.82) is 0 Å². The van der Waals surface area contributed by atoms with Crippen LogP contribution in [0.3, 0.4) is 0 Å². The molecule has 0 saturated carbocycles. The Hall–Kier alpha value is -1.37. The molecular formula is C14H21F3N4. The Kier molecular flexibility index (Phi) is 5.39. The van der Waals surface area contributed by atoms with E-state index in [0.29, 0.717) is 19.0 Å². The van der Waals surface area contributed by atoms with Gasteiger partial charge in [0.2, 0.25) is 5.95 Å². The predicted octanol–water partition coefficient (Wildman–Crippen LogP) is 2.71. The topological polar surface area (TPSA) is 41.0 Å². The zero-order valence-electron chi connectivity index (χ0n) is 12.2. The SMILES string of the molecule is CCCNCC1CCN(c2nccc(C(F)(F)F)n2)CC1. The number of halogens is 3. The summed E-state index contributed by atoms with van der Waals surface area (Å²) in [6.07, 6.45) is -0.219. The van der Waals surface area contributed by atoms with Gasteiger partial charge in [0.25, 0.3) is 0 Å².